The Hall–Kier alpha value is -2.80. The van der Waals surface area contributed by atoms with Gasteiger partial charge in [-0.05, 0) is 42.7 Å². The molecule has 1 aliphatic carbocycles. The van der Waals surface area contributed by atoms with Crippen molar-refractivity contribution in [3.05, 3.63) is 59.7 Å². The topological polar surface area (TPSA) is 44.3 Å². The van der Waals surface area contributed by atoms with E-state index >= 15 is 0 Å². The number of rotatable bonds is 5. The van der Waals surface area contributed by atoms with Crippen molar-refractivity contribution in [2.24, 2.45) is 0 Å². The third-order valence-electron chi connectivity index (χ3n) is 5.47. The van der Waals surface area contributed by atoms with Crippen LogP contribution in [-0.2, 0) is 6.54 Å². The Kier molecular flexibility index (Phi) is 4.75. The number of hydrogen-bond acceptors (Lipinski definition) is 5. The van der Waals surface area contributed by atoms with Crippen molar-refractivity contribution in [1.82, 2.24) is 14.9 Å². The summed E-state index contributed by atoms with van der Waals surface area (Å²) in [5, 5.41) is 3.53. The number of aromatic nitrogens is 2. The Bertz CT molecular complexity index is 1010. The van der Waals surface area contributed by atoms with Crippen molar-refractivity contribution >= 4 is 22.7 Å². The van der Waals surface area contributed by atoms with Crippen LogP contribution in [0.1, 0.15) is 18.4 Å². The first kappa shape index (κ1) is 18.2. The van der Waals surface area contributed by atoms with Crippen LogP contribution in [0.4, 0.5) is 20.4 Å². The number of anilines is 2. The van der Waals surface area contributed by atoms with Crippen LogP contribution in [0.5, 0.6) is 0 Å². The molecular weight excluding hydrogens is 372 g/mol. The molecule has 1 saturated carbocycles. The molecule has 1 N–H and O–H groups in total. The summed E-state index contributed by atoms with van der Waals surface area (Å²) in [6.45, 7) is 3.73. The van der Waals surface area contributed by atoms with Gasteiger partial charge in [0.15, 0.2) is 11.6 Å². The van der Waals surface area contributed by atoms with Gasteiger partial charge in [0, 0.05) is 44.8 Å². The van der Waals surface area contributed by atoms with Gasteiger partial charge in [0.25, 0.3) is 0 Å². The maximum atomic E-state index is 13.5. The molecule has 29 heavy (non-hydrogen) atoms. The second-order valence-corrected chi connectivity index (χ2v) is 7.84. The number of halogens is 2. The summed E-state index contributed by atoms with van der Waals surface area (Å²) in [5.74, 6) is 0.695. The fourth-order valence-corrected chi connectivity index (χ4v) is 3.81. The lowest BCUT2D eigenvalue weighted by atomic mass is 10.2. The quantitative estimate of drug-likeness (QED) is 0.712. The maximum absolute atomic E-state index is 13.5. The molecule has 2 aliphatic rings. The van der Waals surface area contributed by atoms with E-state index in [0.717, 1.165) is 54.9 Å². The molecule has 7 heteroatoms. The fraction of sp³-hybridized carbons (Fsp3) is 0.364. The summed E-state index contributed by atoms with van der Waals surface area (Å²) in [6, 6.07) is 12.1. The number of para-hydroxylation sites is 2. The van der Waals surface area contributed by atoms with Crippen LogP contribution in [-0.4, -0.2) is 47.1 Å². The van der Waals surface area contributed by atoms with Crippen molar-refractivity contribution in [2.75, 3.05) is 36.4 Å². The Morgan fingerprint density at radius 3 is 2.21 bits per heavy atom. The smallest absolute Gasteiger partial charge is 0.172 e. The third kappa shape index (κ3) is 4.15. The molecule has 2 fully saturated rings. The van der Waals surface area contributed by atoms with E-state index in [4.69, 9.17) is 9.97 Å². The van der Waals surface area contributed by atoms with Gasteiger partial charge in [0.05, 0.1) is 11.0 Å². The van der Waals surface area contributed by atoms with Crippen LogP contribution < -0.4 is 10.2 Å². The molecule has 1 aromatic heterocycles. The second kappa shape index (κ2) is 7.55. The number of nitrogens with zero attached hydrogens (tertiary/aromatic N) is 4. The summed E-state index contributed by atoms with van der Waals surface area (Å²) in [5.41, 5.74) is 2.45. The molecule has 0 atom stereocenters. The first-order valence-electron chi connectivity index (χ1n) is 10.1. The standard InChI is InChI=1S/C22H23F2N5/c23-16-11-15(12-17(24)13-16)14-28-7-9-29(10-8-28)22-21(25-18-5-6-18)26-19-3-1-2-4-20(19)27-22/h1-4,11-13,18H,5-10,14H2,(H,25,26). The Morgan fingerprint density at radius 1 is 0.897 bits per heavy atom. The molecule has 0 unspecified atom stereocenters. The van der Waals surface area contributed by atoms with Gasteiger partial charge >= 0.3 is 0 Å². The highest BCUT2D eigenvalue weighted by atomic mass is 19.1. The molecule has 0 amide bonds. The molecule has 5 nitrogen and oxygen atoms in total. The molecular formula is C22H23F2N5. The lowest BCUT2D eigenvalue weighted by Gasteiger charge is -2.36. The highest BCUT2D eigenvalue weighted by molar-refractivity contribution is 5.80. The van der Waals surface area contributed by atoms with Crippen molar-refractivity contribution in [3.8, 4) is 0 Å². The van der Waals surface area contributed by atoms with E-state index in [0.29, 0.717) is 18.2 Å². The Labute approximate surface area is 168 Å². The second-order valence-electron chi connectivity index (χ2n) is 7.84. The number of benzene rings is 2. The van der Waals surface area contributed by atoms with Gasteiger partial charge < -0.3 is 10.2 Å². The normalized spacial score (nSPS) is 17.7. The van der Waals surface area contributed by atoms with Crippen molar-refractivity contribution in [2.45, 2.75) is 25.4 Å². The van der Waals surface area contributed by atoms with E-state index in [1.54, 1.807) is 0 Å². The number of nitrogens with one attached hydrogen (secondary N) is 1. The summed E-state index contributed by atoms with van der Waals surface area (Å²) in [6.07, 6.45) is 2.35. The minimum absolute atomic E-state index is 0.494. The van der Waals surface area contributed by atoms with E-state index in [9.17, 15) is 8.78 Å². The Balaban J connectivity index is 1.32. The van der Waals surface area contributed by atoms with Gasteiger partial charge in [0.2, 0.25) is 0 Å². The van der Waals surface area contributed by atoms with Gasteiger partial charge in [0.1, 0.15) is 11.6 Å². The van der Waals surface area contributed by atoms with Crippen molar-refractivity contribution in [1.29, 1.82) is 0 Å². The van der Waals surface area contributed by atoms with Crippen LogP contribution in [0.15, 0.2) is 42.5 Å². The summed E-state index contributed by atoms with van der Waals surface area (Å²) in [4.78, 5) is 14.2. The lowest BCUT2D eigenvalue weighted by molar-refractivity contribution is 0.249. The predicted molar refractivity (Wildman–Crippen MR) is 110 cm³/mol. The molecule has 1 aliphatic heterocycles. The zero-order valence-electron chi connectivity index (χ0n) is 16.1. The van der Waals surface area contributed by atoms with E-state index in [1.165, 1.54) is 25.0 Å². The predicted octanol–water partition coefficient (Wildman–Crippen LogP) is 3.80. The number of fused-ring (bicyclic) bond motifs is 1. The van der Waals surface area contributed by atoms with Crippen molar-refractivity contribution < 1.29 is 8.78 Å². The molecule has 150 valence electrons. The van der Waals surface area contributed by atoms with Crippen LogP contribution in [0.25, 0.3) is 11.0 Å². The van der Waals surface area contributed by atoms with E-state index in [-0.39, 0.29) is 0 Å². The first-order chi connectivity index (χ1) is 14.1. The highest BCUT2D eigenvalue weighted by Gasteiger charge is 2.26. The average Bonchev–Trinajstić information content (AvgIpc) is 3.51. The Morgan fingerprint density at radius 2 is 1.55 bits per heavy atom. The van der Waals surface area contributed by atoms with Gasteiger partial charge in [-0.25, -0.2) is 18.7 Å². The average molecular weight is 395 g/mol. The maximum Gasteiger partial charge on any atom is 0.172 e. The zero-order chi connectivity index (χ0) is 19.8. The van der Waals surface area contributed by atoms with E-state index < -0.39 is 11.6 Å². The molecule has 0 radical (unpaired) electrons. The zero-order valence-corrected chi connectivity index (χ0v) is 16.1. The van der Waals surface area contributed by atoms with Crippen LogP contribution in [0.2, 0.25) is 0 Å². The minimum Gasteiger partial charge on any atom is -0.364 e. The highest BCUT2D eigenvalue weighted by Crippen LogP contribution is 2.31. The molecule has 2 heterocycles. The van der Waals surface area contributed by atoms with E-state index in [1.807, 2.05) is 24.3 Å². The van der Waals surface area contributed by atoms with Gasteiger partial charge in [-0.1, -0.05) is 12.1 Å². The molecule has 5 rings (SSSR count). The van der Waals surface area contributed by atoms with Crippen molar-refractivity contribution in [3.63, 3.8) is 0 Å². The van der Waals surface area contributed by atoms with Crippen LogP contribution in [0, 0.1) is 11.6 Å². The van der Waals surface area contributed by atoms with Gasteiger partial charge in [-0.3, -0.25) is 4.90 Å². The molecule has 1 saturated heterocycles. The molecule has 3 aromatic rings. The van der Waals surface area contributed by atoms with E-state index in [2.05, 4.69) is 15.1 Å². The summed E-state index contributed by atoms with van der Waals surface area (Å²) >= 11 is 0. The number of piperazine rings is 1. The largest absolute Gasteiger partial charge is 0.364 e. The van der Waals surface area contributed by atoms with Gasteiger partial charge in [-0.15, -0.1) is 0 Å². The molecule has 2 aromatic carbocycles. The fourth-order valence-electron chi connectivity index (χ4n) is 3.81. The molecule has 0 bridgehead atoms. The number of hydrogen-bond donors (Lipinski definition) is 1. The lowest BCUT2D eigenvalue weighted by Crippen LogP contribution is -2.46. The van der Waals surface area contributed by atoms with Crippen LogP contribution >= 0.6 is 0 Å². The first-order valence-corrected chi connectivity index (χ1v) is 10.1. The monoisotopic (exact) mass is 395 g/mol. The van der Waals surface area contributed by atoms with Gasteiger partial charge in [-0.2, -0.15) is 0 Å². The van der Waals surface area contributed by atoms with Crippen LogP contribution in [0.3, 0.4) is 0 Å². The minimum atomic E-state index is -0.527. The molecule has 0 spiro atoms. The SMILES string of the molecule is Fc1cc(F)cc(CN2CCN(c3nc4ccccc4nc3NC3CC3)CC2)c1. The summed E-state index contributed by atoms with van der Waals surface area (Å²) in [7, 11) is 0. The third-order valence-corrected chi connectivity index (χ3v) is 5.47. The summed E-state index contributed by atoms with van der Waals surface area (Å²) < 4.78 is 26.9.